The molecular weight excluding hydrogens is 450 g/mol. The van der Waals surface area contributed by atoms with Crippen molar-refractivity contribution >= 4 is 33.6 Å². The minimum Gasteiger partial charge on any atom is -0.444 e. The third kappa shape index (κ3) is 5.07. The van der Waals surface area contributed by atoms with Gasteiger partial charge < -0.3 is 15.0 Å². The molecule has 9 heteroatoms. The molecule has 34 heavy (non-hydrogen) atoms. The number of benzene rings is 1. The first-order chi connectivity index (χ1) is 16.2. The number of hydrogen-bond acceptors (Lipinski definition) is 7. The van der Waals surface area contributed by atoms with Gasteiger partial charge in [-0.25, -0.2) is 9.78 Å². The van der Waals surface area contributed by atoms with Crippen molar-refractivity contribution in [3.05, 3.63) is 56.7 Å². The van der Waals surface area contributed by atoms with Crippen LogP contribution in [0.15, 0.2) is 34.4 Å². The highest BCUT2D eigenvalue weighted by molar-refractivity contribution is 7.17. The van der Waals surface area contributed by atoms with Gasteiger partial charge in [0.05, 0.1) is 23.7 Å². The predicted molar refractivity (Wildman–Crippen MR) is 133 cm³/mol. The molecule has 1 aromatic carbocycles. The molecule has 1 amide bonds. The number of anilines is 1. The molecule has 0 radical (unpaired) electrons. The standard InChI is InChI=1S/C25H29N5O3S/c1-16-15-34-21-20(16)28-23(30(22(21)31)13-18-9-6-5-8-17(18)12-26)29-11-7-10-19(14-29)27-24(32)33-25(2,3)4/h5-6,8-9,15,19H,7,10-11,13-14H2,1-4H3,(H,27,32)/t19-/m1/s1. The van der Waals surface area contributed by atoms with Crippen LogP contribution < -0.4 is 15.8 Å². The van der Waals surface area contributed by atoms with Crippen molar-refractivity contribution in [2.75, 3.05) is 18.0 Å². The van der Waals surface area contributed by atoms with E-state index in [1.807, 2.05) is 51.3 Å². The van der Waals surface area contributed by atoms with Crippen LogP contribution in [-0.4, -0.2) is 40.4 Å². The Kier molecular flexibility index (Phi) is 6.62. The number of thiophene rings is 1. The quantitative estimate of drug-likeness (QED) is 0.603. The van der Waals surface area contributed by atoms with Crippen molar-refractivity contribution in [1.82, 2.24) is 14.9 Å². The van der Waals surface area contributed by atoms with Gasteiger partial charge in [-0.1, -0.05) is 18.2 Å². The van der Waals surface area contributed by atoms with Crippen molar-refractivity contribution in [2.24, 2.45) is 0 Å². The molecule has 178 valence electrons. The van der Waals surface area contributed by atoms with Crippen LogP contribution in [0.2, 0.25) is 0 Å². The van der Waals surface area contributed by atoms with Crippen molar-refractivity contribution < 1.29 is 9.53 Å². The first-order valence-corrected chi connectivity index (χ1v) is 12.3. The molecule has 3 heterocycles. The second-order valence-corrected chi connectivity index (χ2v) is 10.5. The van der Waals surface area contributed by atoms with Crippen molar-refractivity contribution in [3.8, 4) is 6.07 Å². The number of alkyl carbamates (subject to hydrolysis) is 1. The minimum absolute atomic E-state index is 0.118. The summed E-state index contributed by atoms with van der Waals surface area (Å²) in [6.07, 6.45) is 1.21. The minimum atomic E-state index is -0.573. The van der Waals surface area contributed by atoms with E-state index in [1.54, 1.807) is 10.6 Å². The summed E-state index contributed by atoms with van der Waals surface area (Å²) in [5.41, 5.74) is 2.28. The normalized spacial score (nSPS) is 16.3. The Balaban J connectivity index is 1.70. The zero-order valence-corrected chi connectivity index (χ0v) is 20.7. The van der Waals surface area contributed by atoms with Crippen molar-refractivity contribution in [3.63, 3.8) is 0 Å². The molecule has 0 saturated carbocycles. The van der Waals surface area contributed by atoms with Gasteiger partial charge in [-0.05, 0) is 63.1 Å². The number of aromatic nitrogens is 2. The monoisotopic (exact) mass is 479 g/mol. The van der Waals surface area contributed by atoms with Crippen LogP contribution in [0.3, 0.4) is 0 Å². The maximum Gasteiger partial charge on any atom is 0.407 e. The maximum atomic E-state index is 13.6. The Morgan fingerprint density at radius 3 is 2.85 bits per heavy atom. The molecular formula is C25H29N5O3S. The third-order valence-electron chi connectivity index (χ3n) is 5.73. The van der Waals surface area contributed by atoms with Crippen LogP contribution in [0.4, 0.5) is 10.7 Å². The highest BCUT2D eigenvalue weighted by Gasteiger charge is 2.28. The molecule has 1 N–H and O–H groups in total. The van der Waals surface area contributed by atoms with E-state index in [4.69, 9.17) is 9.72 Å². The fourth-order valence-electron chi connectivity index (χ4n) is 4.17. The molecule has 1 atom stereocenters. The molecule has 1 aliphatic heterocycles. The van der Waals surface area contributed by atoms with Gasteiger partial charge in [-0.3, -0.25) is 9.36 Å². The van der Waals surface area contributed by atoms with Gasteiger partial charge in [-0.15, -0.1) is 11.3 Å². The Morgan fingerprint density at radius 2 is 2.12 bits per heavy atom. The maximum absolute atomic E-state index is 13.6. The zero-order valence-electron chi connectivity index (χ0n) is 19.9. The van der Waals surface area contributed by atoms with Gasteiger partial charge in [0.15, 0.2) is 0 Å². The van der Waals surface area contributed by atoms with E-state index < -0.39 is 11.7 Å². The largest absolute Gasteiger partial charge is 0.444 e. The molecule has 1 aliphatic rings. The van der Waals surface area contributed by atoms with Crippen molar-refractivity contribution in [2.45, 2.75) is 58.7 Å². The van der Waals surface area contributed by atoms with Crippen LogP contribution in [0.25, 0.3) is 10.2 Å². The summed E-state index contributed by atoms with van der Waals surface area (Å²) in [5, 5.41) is 14.5. The Morgan fingerprint density at radius 1 is 1.35 bits per heavy atom. The van der Waals surface area contributed by atoms with Gasteiger partial charge in [0.1, 0.15) is 10.3 Å². The first-order valence-electron chi connectivity index (χ1n) is 11.4. The second kappa shape index (κ2) is 9.47. The van der Waals surface area contributed by atoms with Gasteiger partial charge in [0, 0.05) is 19.1 Å². The van der Waals surface area contributed by atoms with Gasteiger partial charge in [0.2, 0.25) is 5.95 Å². The number of hydrogen-bond donors (Lipinski definition) is 1. The summed E-state index contributed by atoms with van der Waals surface area (Å²) in [4.78, 5) is 32.9. The topological polar surface area (TPSA) is 100 Å². The lowest BCUT2D eigenvalue weighted by atomic mass is 10.1. The number of fused-ring (bicyclic) bond motifs is 1. The molecule has 0 unspecified atom stereocenters. The molecule has 4 rings (SSSR count). The average Bonchev–Trinajstić information content (AvgIpc) is 3.15. The number of nitrogens with one attached hydrogen (secondary N) is 1. The third-order valence-corrected chi connectivity index (χ3v) is 6.80. The number of amides is 1. The van der Waals surface area contributed by atoms with Crippen LogP contribution in [0.5, 0.6) is 0 Å². The summed E-state index contributed by atoms with van der Waals surface area (Å²) in [7, 11) is 0. The number of nitrogens with zero attached hydrogens (tertiary/aromatic N) is 4. The van der Waals surface area contributed by atoms with Gasteiger partial charge in [0.25, 0.3) is 5.56 Å². The van der Waals surface area contributed by atoms with Crippen LogP contribution in [0.1, 0.15) is 50.3 Å². The van der Waals surface area contributed by atoms with Crippen LogP contribution in [0, 0.1) is 18.3 Å². The van der Waals surface area contributed by atoms with Crippen LogP contribution in [-0.2, 0) is 11.3 Å². The van der Waals surface area contributed by atoms with E-state index in [-0.39, 0.29) is 18.1 Å². The van der Waals surface area contributed by atoms with E-state index in [1.165, 1.54) is 11.3 Å². The smallest absolute Gasteiger partial charge is 0.407 e. The summed E-state index contributed by atoms with van der Waals surface area (Å²) in [6.45, 7) is 8.93. The number of carbonyl (C=O) groups excluding carboxylic acids is 1. The van der Waals surface area contributed by atoms with Crippen LogP contribution >= 0.6 is 11.3 Å². The fraction of sp³-hybridized carbons (Fsp3) is 0.440. The lowest BCUT2D eigenvalue weighted by Crippen LogP contribution is -2.50. The highest BCUT2D eigenvalue weighted by atomic mass is 32.1. The Labute approximate surface area is 202 Å². The highest BCUT2D eigenvalue weighted by Crippen LogP contribution is 2.26. The lowest BCUT2D eigenvalue weighted by molar-refractivity contribution is 0.0499. The van der Waals surface area contributed by atoms with Gasteiger partial charge >= 0.3 is 6.09 Å². The van der Waals surface area contributed by atoms with E-state index >= 15 is 0 Å². The summed E-state index contributed by atoms with van der Waals surface area (Å²) >= 11 is 1.39. The molecule has 1 saturated heterocycles. The number of nitriles is 1. The summed E-state index contributed by atoms with van der Waals surface area (Å²) in [6, 6.07) is 9.38. The molecule has 1 fully saturated rings. The molecule has 8 nitrogen and oxygen atoms in total. The zero-order chi connectivity index (χ0) is 24.5. The SMILES string of the molecule is Cc1csc2c(=O)n(Cc3ccccc3C#N)c(N3CCC[C@@H](NC(=O)OC(C)(C)C)C3)nc12. The lowest BCUT2D eigenvalue weighted by Gasteiger charge is -2.35. The van der Waals surface area contributed by atoms with E-state index in [0.29, 0.717) is 34.8 Å². The average molecular weight is 480 g/mol. The second-order valence-electron chi connectivity index (χ2n) is 9.60. The fourth-order valence-corrected chi connectivity index (χ4v) is 5.11. The van der Waals surface area contributed by atoms with E-state index in [9.17, 15) is 14.9 Å². The number of piperidine rings is 1. The van der Waals surface area contributed by atoms with Crippen molar-refractivity contribution in [1.29, 1.82) is 5.26 Å². The molecule has 3 aromatic rings. The number of carbonyl (C=O) groups is 1. The number of ether oxygens (including phenoxy) is 1. The van der Waals surface area contributed by atoms with Gasteiger partial charge in [-0.2, -0.15) is 5.26 Å². The summed E-state index contributed by atoms with van der Waals surface area (Å²) in [5.74, 6) is 0.558. The Hall–Kier alpha value is -3.38. The number of aryl methyl sites for hydroxylation is 1. The van der Waals surface area contributed by atoms with E-state index in [0.717, 1.165) is 24.0 Å². The molecule has 0 aliphatic carbocycles. The summed E-state index contributed by atoms with van der Waals surface area (Å²) < 4.78 is 7.69. The number of rotatable bonds is 4. The van der Waals surface area contributed by atoms with E-state index in [2.05, 4.69) is 16.3 Å². The Bertz CT molecular complexity index is 1310. The first kappa shape index (κ1) is 23.8. The predicted octanol–water partition coefficient (Wildman–Crippen LogP) is 4.18. The molecule has 0 spiro atoms. The molecule has 2 aromatic heterocycles. The molecule has 0 bridgehead atoms.